The third kappa shape index (κ3) is 3.40. The van der Waals surface area contributed by atoms with Gasteiger partial charge in [0.05, 0.1) is 6.42 Å². The summed E-state index contributed by atoms with van der Waals surface area (Å²) >= 11 is 3.17. The molecule has 3 nitrogen and oxygen atoms in total. The van der Waals surface area contributed by atoms with E-state index in [0.717, 1.165) is 4.88 Å². The molecule has 0 aliphatic rings. The molecule has 1 amide bonds. The molecule has 0 radical (unpaired) electrons. The van der Waals surface area contributed by atoms with Gasteiger partial charge in [0.15, 0.2) is 5.13 Å². The average molecular weight is 280 g/mol. The van der Waals surface area contributed by atoms with E-state index < -0.39 is 0 Å². The molecule has 0 unspecified atom stereocenters. The second-order valence-corrected chi connectivity index (χ2v) is 6.60. The lowest BCUT2D eigenvalue weighted by Gasteiger charge is -2.00. The molecule has 2 rings (SSSR count). The molecule has 0 spiro atoms. The molecule has 1 N–H and O–H groups in total. The van der Waals surface area contributed by atoms with Gasteiger partial charge >= 0.3 is 0 Å². The average Bonchev–Trinajstić information content (AvgIpc) is 2.88. The molecular weight excluding hydrogens is 264 g/mol. The highest BCUT2D eigenvalue weighted by atomic mass is 32.1. The number of rotatable bonds is 4. The van der Waals surface area contributed by atoms with Crippen molar-refractivity contribution >= 4 is 33.7 Å². The maximum absolute atomic E-state index is 11.8. The van der Waals surface area contributed by atoms with Gasteiger partial charge < -0.3 is 5.32 Å². The molecule has 0 atom stereocenters. The number of amides is 1. The zero-order chi connectivity index (χ0) is 13.1. The van der Waals surface area contributed by atoms with Crippen molar-refractivity contribution in [1.29, 1.82) is 0 Å². The highest BCUT2D eigenvalue weighted by Crippen LogP contribution is 2.25. The van der Waals surface area contributed by atoms with Crippen molar-refractivity contribution in [2.45, 2.75) is 33.1 Å². The first kappa shape index (κ1) is 13.2. The zero-order valence-electron chi connectivity index (χ0n) is 10.7. The molecule has 2 heterocycles. The molecule has 2 aromatic heterocycles. The lowest BCUT2D eigenvalue weighted by molar-refractivity contribution is -0.115. The van der Waals surface area contributed by atoms with E-state index in [9.17, 15) is 4.79 Å². The SMILES string of the molecule is Cc1csc(CC(=O)Nc2ncc(C(C)C)s2)c1. The summed E-state index contributed by atoms with van der Waals surface area (Å²) in [7, 11) is 0. The molecule has 0 fully saturated rings. The molecule has 0 saturated heterocycles. The number of aromatic nitrogens is 1. The van der Waals surface area contributed by atoms with Gasteiger partial charge in [0.1, 0.15) is 0 Å². The first-order chi connectivity index (χ1) is 8.54. The molecule has 0 aromatic carbocycles. The highest BCUT2D eigenvalue weighted by Gasteiger charge is 2.10. The topological polar surface area (TPSA) is 42.0 Å². The largest absolute Gasteiger partial charge is 0.302 e. The highest BCUT2D eigenvalue weighted by molar-refractivity contribution is 7.15. The van der Waals surface area contributed by atoms with Gasteiger partial charge in [-0.25, -0.2) is 4.98 Å². The van der Waals surface area contributed by atoms with Gasteiger partial charge in [-0.15, -0.1) is 22.7 Å². The molecular formula is C13H16N2OS2. The monoisotopic (exact) mass is 280 g/mol. The molecule has 2 aromatic rings. The van der Waals surface area contributed by atoms with Gasteiger partial charge in [0, 0.05) is 16.0 Å². The van der Waals surface area contributed by atoms with Crippen molar-refractivity contribution < 1.29 is 4.79 Å². The van der Waals surface area contributed by atoms with E-state index in [1.807, 2.05) is 19.2 Å². The number of carbonyl (C=O) groups excluding carboxylic acids is 1. The molecule has 0 aliphatic heterocycles. The Morgan fingerprint density at radius 1 is 1.50 bits per heavy atom. The summed E-state index contributed by atoms with van der Waals surface area (Å²) in [6.45, 7) is 6.27. The lowest BCUT2D eigenvalue weighted by atomic mass is 10.2. The van der Waals surface area contributed by atoms with Crippen LogP contribution in [-0.2, 0) is 11.2 Å². The van der Waals surface area contributed by atoms with Crippen LogP contribution in [0.1, 0.15) is 35.1 Å². The van der Waals surface area contributed by atoms with Crippen molar-refractivity contribution in [3.05, 3.63) is 33.0 Å². The van der Waals surface area contributed by atoms with E-state index in [-0.39, 0.29) is 5.91 Å². The van der Waals surface area contributed by atoms with Gasteiger partial charge in [0.2, 0.25) is 5.91 Å². The van der Waals surface area contributed by atoms with Crippen LogP contribution in [0.5, 0.6) is 0 Å². The van der Waals surface area contributed by atoms with Crippen molar-refractivity contribution in [3.63, 3.8) is 0 Å². The summed E-state index contributed by atoms with van der Waals surface area (Å²) in [4.78, 5) is 18.3. The number of nitrogens with zero attached hydrogens (tertiary/aromatic N) is 1. The fourth-order valence-corrected chi connectivity index (χ4v) is 3.22. The number of hydrogen-bond acceptors (Lipinski definition) is 4. The maximum Gasteiger partial charge on any atom is 0.231 e. The first-order valence-electron chi connectivity index (χ1n) is 5.84. The van der Waals surface area contributed by atoms with Crippen molar-refractivity contribution in [3.8, 4) is 0 Å². The number of nitrogens with one attached hydrogen (secondary N) is 1. The Morgan fingerprint density at radius 3 is 2.83 bits per heavy atom. The normalized spacial score (nSPS) is 10.9. The van der Waals surface area contributed by atoms with E-state index >= 15 is 0 Å². The minimum absolute atomic E-state index is 0.00139. The van der Waals surface area contributed by atoms with Crippen molar-refractivity contribution in [2.24, 2.45) is 0 Å². The smallest absolute Gasteiger partial charge is 0.231 e. The van der Waals surface area contributed by atoms with E-state index in [1.54, 1.807) is 22.7 Å². The third-order valence-corrected chi connectivity index (χ3v) is 4.73. The number of thiophene rings is 1. The predicted octanol–water partition coefficient (Wildman–Crippen LogP) is 3.82. The van der Waals surface area contributed by atoms with Gasteiger partial charge in [-0.1, -0.05) is 13.8 Å². The summed E-state index contributed by atoms with van der Waals surface area (Å²) in [5, 5.41) is 5.60. The van der Waals surface area contributed by atoms with Crippen LogP contribution >= 0.6 is 22.7 Å². The fourth-order valence-electron chi connectivity index (χ4n) is 1.52. The number of anilines is 1. The van der Waals surface area contributed by atoms with Crippen LogP contribution in [0.3, 0.4) is 0 Å². The predicted molar refractivity (Wildman–Crippen MR) is 77.6 cm³/mol. The van der Waals surface area contributed by atoms with Gasteiger partial charge in [-0.05, 0) is 29.9 Å². The maximum atomic E-state index is 11.8. The Morgan fingerprint density at radius 2 is 2.28 bits per heavy atom. The van der Waals surface area contributed by atoms with E-state index in [4.69, 9.17) is 0 Å². The van der Waals surface area contributed by atoms with Gasteiger partial charge in [-0.3, -0.25) is 4.79 Å². The molecule has 0 saturated carbocycles. The standard InChI is InChI=1S/C13H16N2OS2/c1-8(2)11-6-14-13(18-11)15-12(16)5-10-4-9(3)7-17-10/h4,6-8H,5H2,1-3H3,(H,14,15,16). The Hall–Kier alpha value is -1.20. The van der Waals surface area contributed by atoms with E-state index in [2.05, 4.69) is 29.5 Å². The summed E-state index contributed by atoms with van der Waals surface area (Å²) in [6.07, 6.45) is 2.26. The Kier molecular flexibility index (Phi) is 4.14. The summed E-state index contributed by atoms with van der Waals surface area (Å²) < 4.78 is 0. The van der Waals surface area contributed by atoms with Crippen molar-refractivity contribution in [2.75, 3.05) is 5.32 Å². The van der Waals surface area contributed by atoms with Crippen LogP contribution in [0, 0.1) is 6.92 Å². The van der Waals surface area contributed by atoms with Crippen LogP contribution in [0.2, 0.25) is 0 Å². The number of thiazole rings is 1. The Bertz CT molecular complexity index is 543. The minimum Gasteiger partial charge on any atom is -0.302 e. The Labute approximate surface area is 115 Å². The second kappa shape index (κ2) is 5.63. The lowest BCUT2D eigenvalue weighted by Crippen LogP contribution is -2.13. The van der Waals surface area contributed by atoms with Crippen LogP contribution in [-0.4, -0.2) is 10.9 Å². The molecule has 0 bridgehead atoms. The number of hydrogen-bond donors (Lipinski definition) is 1. The van der Waals surface area contributed by atoms with Gasteiger partial charge in [-0.2, -0.15) is 0 Å². The molecule has 18 heavy (non-hydrogen) atoms. The van der Waals surface area contributed by atoms with Crippen LogP contribution in [0.15, 0.2) is 17.6 Å². The number of carbonyl (C=O) groups is 1. The zero-order valence-corrected chi connectivity index (χ0v) is 12.3. The quantitative estimate of drug-likeness (QED) is 0.925. The minimum atomic E-state index is 0.00139. The summed E-state index contributed by atoms with van der Waals surface area (Å²) in [5.74, 6) is 0.453. The van der Waals surface area contributed by atoms with Crippen LogP contribution in [0.25, 0.3) is 0 Å². The van der Waals surface area contributed by atoms with E-state index in [1.165, 1.54) is 10.4 Å². The number of aryl methyl sites for hydroxylation is 1. The molecule has 0 aliphatic carbocycles. The Balaban J connectivity index is 1.94. The third-order valence-electron chi connectivity index (χ3n) is 2.46. The summed E-state index contributed by atoms with van der Waals surface area (Å²) in [6, 6.07) is 2.05. The molecule has 96 valence electrons. The molecule has 5 heteroatoms. The first-order valence-corrected chi connectivity index (χ1v) is 7.54. The van der Waals surface area contributed by atoms with Crippen molar-refractivity contribution in [1.82, 2.24) is 4.98 Å². The van der Waals surface area contributed by atoms with E-state index in [0.29, 0.717) is 17.5 Å². The van der Waals surface area contributed by atoms with Gasteiger partial charge in [0.25, 0.3) is 0 Å². The fraction of sp³-hybridized carbons (Fsp3) is 0.385. The second-order valence-electron chi connectivity index (χ2n) is 4.54. The van der Waals surface area contributed by atoms with Crippen LogP contribution in [0.4, 0.5) is 5.13 Å². The van der Waals surface area contributed by atoms with Crippen LogP contribution < -0.4 is 5.32 Å². The summed E-state index contributed by atoms with van der Waals surface area (Å²) in [5.41, 5.74) is 1.21.